The van der Waals surface area contributed by atoms with Crippen LogP contribution < -0.4 is 15.4 Å². The van der Waals surface area contributed by atoms with E-state index < -0.39 is 5.82 Å². The second-order valence-corrected chi connectivity index (χ2v) is 5.75. The summed E-state index contributed by atoms with van der Waals surface area (Å²) in [6.45, 7) is -0.177. The number of aromatic amines is 1. The van der Waals surface area contributed by atoms with E-state index in [1.54, 1.807) is 6.20 Å². The van der Waals surface area contributed by atoms with Crippen LogP contribution in [0.5, 0.6) is 5.75 Å². The van der Waals surface area contributed by atoms with E-state index in [9.17, 15) is 14.0 Å². The van der Waals surface area contributed by atoms with Crippen molar-refractivity contribution in [2.75, 3.05) is 17.2 Å². The number of carbonyl (C=O) groups excluding carboxylic acids is 2. The van der Waals surface area contributed by atoms with Gasteiger partial charge < -0.3 is 20.4 Å². The Bertz CT molecular complexity index is 996. The van der Waals surface area contributed by atoms with Crippen molar-refractivity contribution < 1.29 is 18.7 Å². The predicted molar refractivity (Wildman–Crippen MR) is 91.2 cm³/mol. The van der Waals surface area contributed by atoms with Crippen molar-refractivity contribution in [3.05, 3.63) is 54.0 Å². The molecule has 0 atom stereocenters. The van der Waals surface area contributed by atoms with Gasteiger partial charge in [-0.05, 0) is 11.6 Å². The highest BCUT2D eigenvalue weighted by Crippen LogP contribution is 2.36. The van der Waals surface area contributed by atoms with E-state index in [4.69, 9.17) is 4.74 Å². The molecule has 1 aliphatic heterocycles. The predicted octanol–water partition coefficient (Wildman–Crippen LogP) is 2.82. The molecule has 1 aliphatic rings. The van der Waals surface area contributed by atoms with Gasteiger partial charge in [0.15, 0.2) is 12.4 Å². The van der Waals surface area contributed by atoms with Gasteiger partial charge in [-0.1, -0.05) is 18.2 Å². The maximum absolute atomic E-state index is 13.8. The fourth-order valence-electron chi connectivity index (χ4n) is 2.90. The number of halogens is 1. The number of amides is 2. The van der Waals surface area contributed by atoms with E-state index in [1.807, 2.05) is 24.3 Å². The van der Waals surface area contributed by atoms with E-state index in [2.05, 4.69) is 15.6 Å². The zero-order chi connectivity index (χ0) is 17.4. The minimum atomic E-state index is -0.577. The number of aromatic nitrogens is 1. The van der Waals surface area contributed by atoms with Gasteiger partial charge in [0.2, 0.25) is 5.91 Å². The van der Waals surface area contributed by atoms with Gasteiger partial charge in [-0.15, -0.1) is 0 Å². The second kappa shape index (κ2) is 5.94. The summed E-state index contributed by atoms with van der Waals surface area (Å²) in [5.74, 6) is -0.993. The molecule has 1 aromatic heterocycles. The molecular formula is C18H14FN3O3. The molecule has 3 aromatic rings. The Kier molecular flexibility index (Phi) is 3.61. The van der Waals surface area contributed by atoms with Gasteiger partial charge in [0.1, 0.15) is 5.82 Å². The Labute approximate surface area is 142 Å². The molecule has 2 heterocycles. The average molecular weight is 339 g/mol. The van der Waals surface area contributed by atoms with Gasteiger partial charge in [-0.2, -0.15) is 0 Å². The van der Waals surface area contributed by atoms with E-state index in [-0.39, 0.29) is 42.0 Å². The van der Waals surface area contributed by atoms with E-state index >= 15 is 0 Å². The van der Waals surface area contributed by atoms with Crippen LogP contribution >= 0.6 is 0 Å². The topological polar surface area (TPSA) is 83.2 Å². The zero-order valence-corrected chi connectivity index (χ0v) is 13.1. The summed E-state index contributed by atoms with van der Waals surface area (Å²) in [7, 11) is 0. The second-order valence-electron chi connectivity index (χ2n) is 5.75. The lowest BCUT2D eigenvalue weighted by Crippen LogP contribution is -2.26. The van der Waals surface area contributed by atoms with Crippen LogP contribution in [0.15, 0.2) is 42.6 Å². The summed E-state index contributed by atoms with van der Waals surface area (Å²) in [4.78, 5) is 26.9. The van der Waals surface area contributed by atoms with Crippen LogP contribution in [0, 0.1) is 5.82 Å². The summed E-state index contributed by atoms with van der Waals surface area (Å²) >= 11 is 0. The Morgan fingerprint density at radius 2 is 2.12 bits per heavy atom. The summed E-state index contributed by atoms with van der Waals surface area (Å²) in [6.07, 6.45) is 1.91. The molecule has 0 fully saturated rings. The molecular weight excluding hydrogens is 325 g/mol. The highest BCUT2D eigenvalue weighted by Gasteiger charge is 2.22. The van der Waals surface area contributed by atoms with E-state index in [0.29, 0.717) is 0 Å². The van der Waals surface area contributed by atoms with Gasteiger partial charge in [0.05, 0.1) is 17.8 Å². The number of carbonyl (C=O) groups is 2. The number of nitrogens with one attached hydrogen (secondary N) is 3. The normalized spacial score (nSPS) is 13.1. The standard InChI is InChI=1S/C18H14FN3O3/c19-11-6-14(18-15(7-11)22-17(24)9-25-18)21-16(23)5-10-8-20-13-4-2-1-3-12(10)13/h1-4,6-8,20H,5,9H2,(H,21,23)(H,22,24). The summed E-state index contributed by atoms with van der Waals surface area (Å²) in [6, 6.07) is 9.99. The average Bonchev–Trinajstić information content (AvgIpc) is 2.97. The molecule has 0 unspecified atom stereocenters. The minimum absolute atomic E-state index is 0.127. The van der Waals surface area contributed by atoms with Crippen molar-refractivity contribution in [1.82, 2.24) is 4.98 Å². The summed E-state index contributed by atoms with van der Waals surface area (Å²) in [5, 5.41) is 6.14. The quantitative estimate of drug-likeness (QED) is 0.686. The highest BCUT2D eigenvalue weighted by molar-refractivity contribution is 6.01. The van der Waals surface area contributed by atoms with Crippen molar-refractivity contribution in [3.63, 3.8) is 0 Å². The first-order valence-corrected chi connectivity index (χ1v) is 7.71. The maximum atomic E-state index is 13.8. The third-order valence-electron chi connectivity index (χ3n) is 3.98. The molecule has 0 saturated heterocycles. The highest BCUT2D eigenvalue weighted by atomic mass is 19.1. The molecule has 6 nitrogen and oxygen atoms in total. The van der Waals surface area contributed by atoms with Crippen LogP contribution in [0.1, 0.15) is 5.56 Å². The van der Waals surface area contributed by atoms with Crippen LogP contribution in [0.25, 0.3) is 10.9 Å². The first kappa shape index (κ1) is 15.2. The minimum Gasteiger partial charge on any atom is -0.479 e. The Morgan fingerprint density at radius 1 is 1.28 bits per heavy atom. The molecule has 25 heavy (non-hydrogen) atoms. The molecule has 0 radical (unpaired) electrons. The van der Waals surface area contributed by atoms with Gasteiger partial charge >= 0.3 is 0 Å². The SMILES string of the molecule is O=C1COc2c(cc(F)cc2NC(=O)Cc2c[nH]c3ccccc23)N1. The largest absolute Gasteiger partial charge is 0.479 e. The summed E-state index contributed by atoms with van der Waals surface area (Å²) < 4.78 is 19.1. The van der Waals surface area contributed by atoms with E-state index in [1.165, 1.54) is 6.07 Å². The molecule has 7 heteroatoms. The third kappa shape index (κ3) is 2.91. The molecule has 4 rings (SSSR count). The Balaban J connectivity index is 1.58. The molecule has 0 bridgehead atoms. The fourth-order valence-corrected chi connectivity index (χ4v) is 2.90. The van der Waals surface area contributed by atoms with Crippen molar-refractivity contribution in [3.8, 4) is 5.75 Å². The lowest BCUT2D eigenvalue weighted by molar-refractivity contribution is -0.118. The van der Waals surface area contributed by atoms with Crippen molar-refractivity contribution in [2.45, 2.75) is 6.42 Å². The lowest BCUT2D eigenvalue weighted by atomic mass is 10.1. The fraction of sp³-hybridized carbons (Fsp3) is 0.111. The number of benzene rings is 2. The molecule has 0 aliphatic carbocycles. The number of H-pyrrole nitrogens is 1. The number of hydrogen-bond donors (Lipinski definition) is 3. The van der Waals surface area contributed by atoms with Crippen LogP contribution in [0.2, 0.25) is 0 Å². The molecule has 0 saturated carbocycles. The van der Waals surface area contributed by atoms with E-state index in [0.717, 1.165) is 22.5 Å². The van der Waals surface area contributed by atoms with Crippen molar-refractivity contribution >= 4 is 34.1 Å². The van der Waals surface area contributed by atoms with Crippen LogP contribution in [-0.2, 0) is 16.0 Å². The van der Waals surface area contributed by atoms with Gasteiger partial charge in [0, 0.05) is 29.2 Å². The van der Waals surface area contributed by atoms with Crippen LogP contribution in [0.4, 0.5) is 15.8 Å². The van der Waals surface area contributed by atoms with Crippen molar-refractivity contribution in [1.29, 1.82) is 0 Å². The molecule has 126 valence electrons. The van der Waals surface area contributed by atoms with Gasteiger partial charge in [-0.3, -0.25) is 9.59 Å². The maximum Gasteiger partial charge on any atom is 0.262 e. The summed E-state index contributed by atoms with van der Waals surface area (Å²) in [5.41, 5.74) is 2.19. The Morgan fingerprint density at radius 3 is 3.00 bits per heavy atom. The third-order valence-corrected chi connectivity index (χ3v) is 3.98. The number of anilines is 2. The number of ether oxygens (including phenoxy) is 1. The van der Waals surface area contributed by atoms with Gasteiger partial charge in [-0.25, -0.2) is 4.39 Å². The van der Waals surface area contributed by atoms with Crippen molar-refractivity contribution in [2.24, 2.45) is 0 Å². The monoisotopic (exact) mass is 339 g/mol. The molecule has 2 amide bonds. The van der Waals surface area contributed by atoms with Gasteiger partial charge in [0.25, 0.3) is 5.91 Å². The van der Waals surface area contributed by atoms with Crippen LogP contribution in [-0.4, -0.2) is 23.4 Å². The number of rotatable bonds is 3. The zero-order valence-electron chi connectivity index (χ0n) is 13.1. The number of para-hydroxylation sites is 1. The smallest absolute Gasteiger partial charge is 0.262 e. The number of hydrogen-bond acceptors (Lipinski definition) is 3. The molecule has 0 spiro atoms. The Hall–Kier alpha value is -3.35. The first-order valence-electron chi connectivity index (χ1n) is 7.71. The molecule has 2 aromatic carbocycles. The number of fused-ring (bicyclic) bond motifs is 2. The first-order chi connectivity index (χ1) is 12.1. The van der Waals surface area contributed by atoms with Crippen LogP contribution in [0.3, 0.4) is 0 Å². The molecule has 3 N–H and O–H groups in total. The lowest BCUT2D eigenvalue weighted by Gasteiger charge is -2.21.